The van der Waals surface area contributed by atoms with Crippen LogP contribution in [0, 0.1) is 5.41 Å². The maximum Gasteiger partial charge on any atom is 0.408 e. The topological polar surface area (TPSA) is 158 Å². The quantitative estimate of drug-likeness (QED) is 0.188. The largest absolute Gasteiger partial charge is 0.444 e. The van der Waals surface area contributed by atoms with Crippen LogP contribution in [0.3, 0.4) is 0 Å². The molecule has 1 unspecified atom stereocenters. The van der Waals surface area contributed by atoms with Crippen molar-refractivity contribution in [3.05, 3.63) is 0 Å². The van der Waals surface area contributed by atoms with Gasteiger partial charge < -0.3 is 31.7 Å². The number of nitrogens with one attached hydrogen (secondary N) is 5. The lowest BCUT2D eigenvalue weighted by Crippen LogP contribution is -2.50. The van der Waals surface area contributed by atoms with Crippen LogP contribution >= 0.6 is 0 Å². The Kier molecular flexibility index (Phi) is 9.21. The molecule has 3 amide bonds. The smallest absolute Gasteiger partial charge is 0.408 e. The lowest BCUT2D eigenvalue weighted by molar-refractivity contribution is -0.127. The summed E-state index contributed by atoms with van der Waals surface area (Å²) in [6, 6.07) is -0.863. The average Bonchev–Trinajstić information content (AvgIpc) is 2.45. The van der Waals surface area contributed by atoms with Crippen LogP contribution in [-0.4, -0.2) is 55.6 Å². The van der Waals surface area contributed by atoms with Crippen molar-refractivity contribution in [1.82, 2.24) is 21.3 Å². The fourth-order valence-electron chi connectivity index (χ4n) is 1.63. The first-order chi connectivity index (χ1) is 11.0. The van der Waals surface area contributed by atoms with Gasteiger partial charge in [0.05, 0.1) is 6.54 Å². The monoisotopic (exact) mass is 344 g/mol. The van der Waals surface area contributed by atoms with E-state index in [0.29, 0.717) is 19.4 Å². The maximum atomic E-state index is 12.1. The highest BCUT2D eigenvalue weighted by Gasteiger charge is 2.24. The summed E-state index contributed by atoms with van der Waals surface area (Å²) >= 11 is 0. The zero-order chi connectivity index (χ0) is 18.8. The summed E-state index contributed by atoms with van der Waals surface area (Å²) in [5, 5.41) is 17.0. The SMILES string of the molecule is CNC(=O)CNC(=O)C(CCCNC(=N)N)NC(=O)OC(C)(C)C. The summed E-state index contributed by atoms with van der Waals surface area (Å²) in [6.45, 7) is 5.33. The number of guanidine groups is 1. The molecule has 138 valence electrons. The van der Waals surface area contributed by atoms with Gasteiger partial charge in [0.2, 0.25) is 11.8 Å². The summed E-state index contributed by atoms with van der Waals surface area (Å²) in [6.07, 6.45) is 0.0501. The third kappa shape index (κ3) is 11.1. The zero-order valence-electron chi connectivity index (χ0n) is 14.6. The van der Waals surface area contributed by atoms with Gasteiger partial charge in [-0.25, -0.2) is 4.79 Å². The molecular formula is C14H28N6O4. The van der Waals surface area contributed by atoms with Crippen LogP contribution in [0.4, 0.5) is 4.79 Å². The van der Waals surface area contributed by atoms with Crippen molar-refractivity contribution in [2.24, 2.45) is 5.73 Å². The molecule has 7 N–H and O–H groups in total. The van der Waals surface area contributed by atoms with Gasteiger partial charge >= 0.3 is 6.09 Å². The number of hydrogen-bond donors (Lipinski definition) is 6. The molecule has 0 saturated heterocycles. The number of amides is 3. The van der Waals surface area contributed by atoms with Crippen molar-refractivity contribution < 1.29 is 19.1 Å². The van der Waals surface area contributed by atoms with Crippen LogP contribution in [0.1, 0.15) is 33.6 Å². The van der Waals surface area contributed by atoms with E-state index in [-0.39, 0.29) is 18.4 Å². The number of ether oxygens (including phenoxy) is 1. The summed E-state index contributed by atoms with van der Waals surface area (Å²) < 4.78 is 5.13. The molecule has 0 bridgehead atoms. The molecule has 0 rings (SSSR count). The zero-order valence-corrected chi connectivity index (χ0v) is 14.6. The van der Waals surface area contributed by atoms with E-state index >= 15 is 0 Å². The van der Waals surface area contributed by atoms with Gasteiger partial charge in [-0.2, -0.15) is 0 Å². The number of rotatable bonds is 8. The van der Waals surface area contributed by atoms with E-state index in [1.54, 1.807) is 20.8 Å². The third-order valence-corrected chi connectivity index (χ3v) is 2.69. The molecule has 0 aliphatic carbocycles. The minimum absolute atomic E-state index is 0.171. The van der Waals surface area contributed by atoms with Crippen molar-refractivity contribution >= 4 is 23.9 Å². The minimum atomic E-state index is -0.863. The molecule has 0 aliphatic rings. The van der Waals surface area contributed by atoms with Crippen molar-refractivity contribution in [2.75, 3.05) is 20.1 Å². The Morgan fingerprint density at radius 1 is 1.21 bits per heavy atom. The van der Waals surface area contributed by atoms with E-state index in [1.165, 1.54) is 7.05 Å². The van der Waals surface area contributed by atoms with E-state index in [0.717, 1.165) is 0 Å². The second kappa shape index (κ2) is 10.3. The van der Waals surface area contributed by atoms with Crippen LogP contribution in [0.15, 0.2) is 0 Å². The maximum absolute atomic E-state index is 12.1. The Hall–Kier alpha value is -2.52. The molecule has 0 fully saturated rings. The number of alkyl carbamates (subject to hydrolysis) is 1. The number of carbonyl (C=O) groups is 3. The second-order valence-corrected chi connectivity index (χ2v) is 6.07. The number of hydrogen-bond acceptors (Lipinski definition) is 5. The summed E-state index contributed by atoms with van der Waals surface area (Å²) in [4.78, 5) is 35.2. The van der Waals surface area contributed by atoms with Crippen molar-refractivity contribution in [1.29, 1.82) is 5.41 Å². The first-order valence-electron chi connectivity index (χ1n) is 7.61. The summed E-state index contributed by atoms with van der Waals surface area (Å²) in [5.74, 6) is -1.01. The van der Waals surface area contributed by atoms with Gasteiger partial charge in [0, 0.05) is 13.6 Å². The molecular weight excluding hydrogens is 316 g/mol. The summed E-state index contributed by atoms with van der Waals surface area (Å²) in [5.41, 5.74) is 4.48. The molecule has 0 aliphatic heterocycles. The Bertz CT molecular complexity index is 461. The van der Waals surface area contributed by atoms with E-state index in [9.17, 15) is 14.4 Å². The normalized spacial score (nSPS) is 11.8. The highest BCUT2D eigenvalue weighted by molar-refractivity contribution is 5.89. The Labute approximate surface area is 141 Å². The van der Waals surface area contributed by atoms with E-state index in [4.69, 9.17) is 15.9 Å². The highest BCUT2D eigenvalue weighted by atomic mass is 16.6. The van der Waals surface area contributed by atoms with Gasteiger partial charge in [0.15, 0.2) is 5.96 Å². The number of likely N-dealkylation sites (N-methyl/N-ethyl adjacent to an activating group) is 1. The van der Waals surface area contributed by atoms with Crippen molar-refractivity contribution in [3.63, 3.8) is 0 Å². The molecule has 0 aromatic rings. The van der Waals surface area contributed by atoms with Gasteiger partial charge in [-0.1, -0.05) is 0 Å². The Morgan fingerprint density at radius 2 is 1.83 bits per heavy atom. The lowest BCUT2D eigenvalue weighted by atomic mass is 10.1. The predicted molar refractivity (Wildman–Crippen MR) is 89.4 cm³/mol. The Balaban J connectivity index is 4.62. The van der Waals surface area contributed by atoms with Gasteiger partial charge in [0.1, 0.15) is 11.6 Å². The van der Waals surface area contributed by atoms with Crippen LogP contribution in [0.5, 0.6) is 0 Å². The molecule has 0 spiro atoms. The number of carbonyl (C=O) groups excluding carboxylic acids is 3. The standard InChI is InChI=1S/C14H28N6O4/c1-14(2,3)24-13(23)20-9(6-5-7-18-12(15)16)11(22)19-8-10(21)17-4/h9H,5-8H2,1-4H3,(H,17,21)(H,19,22)(H,20,23)(H4,15,16,18). The van der Waals surface area contributed by atoms with Gasteiger partial charge in [-0.05, 0) is 33.6 Å². The van der Waals surface area contributed by atoms with Crippen molar-refractivity contribution in [3.8, 4) is 0 Å². The van der Waals surface area contributed by atoms with E-state index in [2.05, 4.69) is 21.3 Å². The minimum Gasteiger partial charge on any atom is -0.444 e. The average molecular weight is 344 g/mol. The first kappa shape index (κ1) is 21.5. The predicted octanol–water partition coefficient (Wildman–Crippen LogP) is -0.995. The van der Waals surface area contributed by atoms with Crippen LogP contribution in [0.25, 0.3) is 0 Å². The van der Waals surface area contributed by atoms with Crippen molar-refractivity contribution in [2.45, 2.75) is 45.3 Å². The van der Waals surface area contributed by atoms with Crippen LogP contribution in [-0.2, 0) is 14.3 Å². The number of nitrogens with two attached hydrogens (primary N) is 1. The molecule has 0 heterocycles. The molecule has 0 saturated carbocycles. The van der Waals surface area contributed by atoms with Gasteiger partial charge in [-0.15, -0.1) is 0 Å². The Morgan fingerprint density at radius 3 is 2.33 bits per heavy atom. The van der Waals surface area contributed by atoms with Gasteiger partial charge in [-0.3, -0.25) is 15.0 Å². The van der Waals surface area contributed by atoms with Crippen LogP contribution < -0.4 is 27.0 Å². The van der Waals surface area contributed by atoms with E-state index < -0.39 is 23.6 Å². The molecule has 1 atom stereocenters. The summed E-state index contributed by atoms with van der Waals surface area (Å²) in [7, 11) is 1.46. The van der Waals surface area contributed by atoms with Crippen LogP contribution in [0.2, 0.25) is 0 Å². The van der Waals surface area contributed by atoms with E-state index in [1.807, 2.05) is 0 Å². The third-order valence-electron chi connectivity index (χ3n) is 2.69. The molecule has 10 nitrogen and oxygen atoms in total. The molecule has 0 aromatic carbocycles. The fourth-order valence-corrected chi connectivity index (χ4v) is 1.63. The molecule has 24 heavy (non-hydrogen) atoms. The second-order valence-electron chi connectivity index (χ2n) is 6.07. The molecule has 0 aromatic heterocycles. The van der Waals surface area contributed by atoms with Gasteiger partial charge in [0.25, 0.3) is 0 Å². The fraction of sp³-hybridized carbons (Fsp3) is 0.714. The highest BCUT2D eigenvalue weighted by Crippen LogP contribution is 2.07. The molecule has 10 heteroatoms. The molecule has 0 radical (unpaired) electrons. The lowest BCUT2D eigenvalue weighted by Gasteiger charge is -2.23. The first-order valence-corrected chi connectivity index (χ1v) is 7.61.